The molecular formula is C36H43N3O7. The van der Waals surface area contributed by atoms with E-state index in [-0.39, 0.29) is 44.5 Å². The molecule has 0 unspecified atom stereocenters. The summed E-state index contributed by atoms with van der Waals surface area (Å²) in [6.07, 6.45) is 3.55. The third-order valence-corrected chi connectivity index (χ3v) is 9.42. The SMILES string of the molecule is C=CCCC(=O)NC[C@H](OC(=O)[C@@H]1[C@H]2C(=O)N(CCO)[C@H](C(=O)N(CC=C)c3c(C)cccc3C)[C@]23CC[C@H]1O3)c1ccccc1. The number of rotatable bonds is 14. The quantitative estimate of drug-likeness (QED) is 0.242. The minimum atomic E-state index is -1.26. The molecule has 2 N–H and O–H groups in total. The number of anilines is 1. The number of esters is 1. The zero-order chi connectivity index (χ0) is 33.0. The van der Waals surface area contributed by atoms with Gasteiger partial charge in [0.25, 0.3) is 5.91 Å². The minimum Gasteiger partial charge on any atom is -0.455 e. The number of nitrogens with zero attached hydrogens (tertiary/aromatic N) is 2. The first kappa shape index (κ1) is 33.1. The Labute approximate surface area is 270 Å². The Bertz CT molecular complexity index is 1470. The number of hydrogen-bond acceptors (Lipinski definition) is 7. The van der Waals surface area contributed by atoms with Gasteiger partial charge >= 0.3 is 5.97 Å². The van der Waals surface area contributed by atoms with Crippen LogP contribution in [0.1, 0.15) is 48.5 Å². The third kappa shape index (κ3) is 5.99. The fraction of sp³-hybridized carbons (Fsp3) is 0.444. The van der Waals surface area contributed by atoms with Crippen molar-refractivity contribution in [3.63, 3.8) is 0 Å². The highest BCUT2D eigenvalue weighted by Gasteiger charge is 2.75. The van der Waals surface area contributed by atoms with Crippen LogP contribution >= 0.6 is 0 Å². The maximum absolute atomic E-state index is 14.6. The van der Waals surface area contributed by atoms with Crippen LogP contribution in [0, 0.1) is 25.7 Å². The molecule has 3 saturated heterocycles. The summed E-state index contributed by atoms with van der Waals surface area (Å²) in [4.78, 5) is 58.3. The van der Waals surface area contributed by atoms with Crippen molar-refractivity contribution in [1.29, 1.82) is 0 Å². The molecule has 10 heteroatoms. The van der Waals surface area contributed by atoms with E-state index in [1.807, 2.05) is 62.4 Å². The maximum atomic E-state index is 14.6. The highest BCUT2D eigenvalue weighted by molar-refractivity contribution is 6.05. The predicted molar refractivity (Wildman–Crippen MR) is 173 cm³/mol. The van der Waals surface area contributed by atoms with Crippen LogP contribution < -0.4 is 10.2 Å². The van der Waals surface area contributed by atoms with E-state index in [9.17, 15) is 24.3 Å². The lowest BCUT2D eigenvalue weighted by Gasteiger charge is -2.37. The molecule has 0 aromatic heterocycles. The molecular weight excluding hydrogens is 586 g/mol. The van der Waals surface area contributed by atoms with Gasteiger partial charge in [0.05, 0.1) is 31.1 Å². The molecule has 46 heavy (non-hydrogen) atoms. The number of aryl methyl sites for hydroxylation is 2. The van der Waals surface area contributed by atoms with Crippen LogP contribution in [0.4, 0.5) is 5.69 Å². The first-order valence-corrected chi connectivity index (χ1v) is 15.9. The van der Waals surface area contributed by atoms with Crippen LogP contribution in [-0.2, 0) is 28.7 Å². The smallest absolute Gasteiger partial charge is 0.313 e. The van der Waals surface area contributed by atoms with Crippen molar-refractivity contribution in [1.82, 2.24) is 10.2 Å². The van der Waals surface area contributed by atoms with Crippen molar-refractivity contribution < 1.29 is 33.8 Å². The Morgan fingerprint density at radius 3 is 2.50 bits per heavy atom. The third-order valence-electron chi connectivity index (χ3n) is 9.42. The number of amides is 3. The number of carbonyl (C=O) groups is 4. The van der Waals surface area contributed by atoms with Gasteiger partial charge in [-0.1, -0.05) is 60.7 Å². The van der Waals surface area contributed by atoms with Gasteiger partial charge in [-0.2, -0.15) is 0 Å². The van der Waals surface area contributed by atoms with E-state index in [1.165, 1.54) is 4.90 Å². The van der Waals surface area contributed by atoms with E-state index in [1.54, 1.807) is 17.1 Å². The van der Waals surface area contributed by atoms with Gasteiger partial charge in [0.15, 0.2) is 0 Å². The molecule has 0 aliphatic carbocycles. The van der Waals surface area contributed by atoms with Crippen molar-refractivity contribution in [2.45, 2.75) is 63.4 Å². The van der Waals surface area contributed by atoms with Crippen molar-refractivity contribution >= 4 is 29.4 Å². The number of aliphatic hydroxyl groups is 1. The van der Waals surface area contributed by atoms with Crippen molar-refractivity contribution in [3.05, 3.63) is 90.5 Å². The number of para-hydroxylation sites is 1. The predicted octanol–water partition coefficient (Wildman–Crippen LogP) is 3.56. The molecule has 3 heterocycles. The van der Waals surface area contributed by atoms with Crippen LogP contribution in [0.25, 0.3) is 0 Å². The molecule has 2 aromatic carbocycles. The number of allylic oxidation sites excluding steroid dienone is 1. The lowest BCUT2D eigenvalue weighted by atomic mass is 9.70. The van der Waals surface area contributed by atoms with E-state index in [0.717, 1.165) is 16.8 Å². The van der Waals surface area contributed by atoms with Gasteiger partial charge in [0.2, 0.25) is 11.8 Å². The Morgan fingerprint density at radius 2 is 1.85 bits per heavy atom. The summed E-state index contributed by atoms with van der Waals surface area (Å²) >= 11 is 0. The topological polar surface area (TPSA) is 125 Å². The zero-order valence-corrected chi connectivity index (χ0v) is 26.5. The summed E-state index contributed by atoms with van der Waals surface area (Å²) in [5.74, 6) is -3.48. The van der Waals surface area contributed by atoms with Crippen LogP contribution in [0.5, 0.6) is 0 Å². The van der Waals surface area contributed by atoms with Gasteiger partial charge in [0, 0.05) is 25.2 Å². The number of aliphatic hydroxyl groups excluding tert-OH is 1. The van der Waals surface area contributed by atoms with E-state index < -0.39 is 47.6 Å². The average Bonchev–Trinajstić information content (AvgIpc) is 3.69. The molecule has 10 nitrogen and oxygen atoms in total. The Morgan fingerprint density at radius 1 is 1.13 bits per heavy atom. The van der Waals surface area contributed by atoms with Crippen molar-refractivity contribution in [2.75, 3.05) is 31.1 Å². The van der Waals surface area contributed by atoms with Crippen LogP contribution in [0.15, 0.2) is 73.8 Å². The number of fused-ring (bicyclic) bond motifs is 1. The van der Waals surface area contributed by atoms with Gasteiger partial charge in [-0.05, 0) is 49.8 Å². The number of carbonyl (C=O) groups excluding carboxylic acids is 4. The molecule has 5 rings (SSSR count). The summed E-state index contributed by atoms with van der Waals surface area (Å²) in [5.41, 5.74) is 1.95. The molecule has 3 amide bonds. The average molecular weight is 630 g/mol. The lowest BCUT2D eigenvalue weighted by Crippen LogP contribution is -2.57. The summed E-state index contributed by atoms with van der Waals surface area (Å²) in [6.45, 7) is 11.2. The standard InChI is InChI=1S/C36H43N3O7/c1-5-7-16-28(41)37-22-27(25-14-9-8-10-15-25)45-35(44)29-26-17-18-36(46-26)30(29)33(42)39(20-21-40)32(36)34(43)38(19-6-2)31-23(3)12-11-13-24(31)4/h5-6,8-15,26-27,29-30,32,40H,1-2,7,16-22H2,3-4H3,(H,37,41)/t26-,27+,29+,30+,32-,36+/m1/s1. The molecule has 1 spiro atoms. The van der Waals surface area contributed by atoms with E-state index in [4.69, 9.17) is 9.47 Å². The normalized spacial score (nSPS) is 25.1. The van der Waals surface area contributed by atoms with Gasteiger partial charge in [-0.3, -0.25) is 19.2 Å². The van der Waals surface area contributed by atoms with Crippen LogP contribution in [0.3, 0.4) is 0 Å². The highest BCUT2D eigenvalue weighted by Crippen LogP contribution is 2.59. The summed E-state index contributed by atoms with van der Waals surface area (Å²) < 4.78 is 12.6. The molecule has 3 aliphatic rings. The molecule has 0 radical (unpaired) electrons. The second kappa shape index (κ2) is 14.0. The Kier molecular flexibility index (Phi) is 10.1. The second-order valence-electron chi connectivity index (χ2n) is 12.3. The summed E-state index contributed by atoms with van der Waals surface area (Å²) in [7, 11) is 0. The Balaban J connectivity index is 1.45. The largest absolute Gasteiger partial charge is 0.455 e. The number of likely N-dealkylation sites (tertiary alicyclic amines) is 1. The van der Waals surface area contributed by atoms with Gasteiger partial charge in [-0.25, -0.2) is 0 Å². The molecule has 3 aliphatic heterocycles. The molecule has 2 bridgehead atoms. The van der Waals surface area contributed by atoms with Gasteiger partial charge in [-0.15, -0.1) is 13.2 Å². The zero-order valence-electron chi connectivity index (χ0n) is 26.5. The van der Waals surface area contributed by atoms with Crippen molar-refractivity contribution in [2.24, 2.45) is 11.8 Å². The summed E-state index contributed by atoms with van der Waals surface area (Å²) in [5, 5.41) is 12.8. The first-order chi connectivity index (χ1) is 22.2. The van der Waals surface area contributed by atoms with Gasteiger partial charge in [0.1, 0.15) is 17.7 Å². The van der Waals surface area contributed by atoms with Crippen molar-refractivity contribution in [3.8, 4) is 0 Å². The minimum absolute atomic E-state index is 0.0533. The Hall–Kier alpha value is -4.28. The molecule has 3 fully saturated rings. The monoisotopic (exact) mass is 629 g/mol. The number of hydrogen-bond donors (Lipinski definition) is 2. The number of nitrogens with one attached hydrogen (secondary N) is 1. The fourth-order valence-electron chi connectivity index (χ4n) is 7.49. The summed E-state index contributed by atoms with van der Waals surface area (Å²) in [6, 6.07) is 13.8. The first-order valence-electron chi connectivity index (χ1n) is 15.9. The second-order valence-corrected chi connectivity index (χ2v) is 12.3. The molecule has 244 valence electrons. The van der Waals surface area contributed by atoms with Crippen LogP contribution in [-0.4, -0.2) is 77.7 Å². The number of ether oxygens (including phenoxy) is 2. The van der Waals surface area contributed by atoms with E-state index in [2.05, 4.69) is 18.5 Å². The fourth-order valence-corrected chi connectivity index (χ4v) is 7.49. The highest BCUT2D eigenvalue weighted by atomic mass is 16.6. The maximum Gasteiger partial charge on any atom is 0.313 e. The molecule has 2 aromatic rings. The molecule has 6 atom stereocenters. The number of β-amino-alcohol motifs (C(OH)–C–C–N with tert-alkyl or cyclic N) is 1. The molecule has 0 saturated carbocycles. The van der Waals surface area contributed by atoms with E-state index >= 15 is 0 Å². The van der Waals surface area contributed by atoms with E-state index in [0.29, 0.717) is 24.8 Å². The number of benzene rings is 2. The lowest BCUT2D eigenvalue weighted by molar-refractivity contribution is -0.160. The van der Waals surface area contributed by atoms with Crippen LogP contribution in [0.2, 0.25) is 0 Å². The van der Waals surface area contributed by atoms with Gasteiger partial charge < -0.3 is 29.7 Å².